The Hall–Kier alpha value is -2.36. The second-order valence-electron chi connectivity index (χ2n) is 7.68. The van der Waals surface area contributed by atoms with Crippen LogP contribution in [0.15, 0.2) is 30.6 Å². The number of likely N-dealkylation sites (N-methyl/N-ethyl adjacent to an activating group) is 1. The zero-order chi connectivity index (χ0) is 21.5. The number of piperidine rings is 1. The fraction of sp³-hybridized carbons (Fsp3) is 0.476. The van der Waals surface area contributed by atoms with E-state index < -0.39 is 18.0 Å². The van der Waals surface area contributed by atoms with Crippen molar-refractivity contribution in [3.8, 4) is 0 Å². The maximum absolute atomic E-state index is 13.9. The van der Waals surface area contributed by atoms with Crippen LogP contribution in [0.1, 0.15) is 42.2 Å². The molecular weight excluding hydrogens is 397 g/mol. The van der Waals surface area contributed by atoms with Crippen LogP contribution in [-0.2, 0) is 10.9 Å². The molecule has 30 heavy (non-hydrogen) atoms. The molecule has 0 radical (unpaired) electrons. The molecule has 0 aliphatic carbocycles. The average Bonchev–Trinajstić information content (AvgIpc) is 3.00. The molecule has 0 saturated carbocycles. The fourth-order valence-corrected chi connectivity index (χ4v) is 4.49. The summed E-state index contributed by atoms with van der Waals surface area (Å²) in [5.41, 5.74) is 1.57. The first-order valence-corrected chi connectivity index (χ1v) is 10.00. The van der Waals surface area contributed by atoms with Crippen molar-refractivity contribution in [3.63, 3.8) is 0 Å². The molecule has 1 saturated heterocycles. The molecule has 4 rings (SSSR count). The number of nitrogens with zero attached hydrogens (tertiary/aromatic N) is 2. The van der Waals surface area contributed by atoms with Crippen LogP contribution in [-0.4, -0.2) is 42.9 Å². The molecule has 1 unspecified atom stereocenters. The van der Waals surface area contributed by atoms with Gasteiger partial charge in [0.1, 0.15) is 0 Å². The number of ether oxygens (including phenoxy) is 1. The van der Waals surface area contributed by atoms with E-state index in [2.05, 4.69) is 15.6 Å². The lowest BCUT2D eigenvalue weighted by atomic mass is 9.89. The molecule has 1 aromatic heterocycles. The van der Waals surface area contributed by atoms with E-state index in [9.17, 15) is 18.3 Å². The number of alkyl halides is 3. The van der Waals surface area contributed by atoms with Gasteiger partial charge in [-0.1, -0.05) is 0 Å². The van der Waals surface area contributed by atoms with E-state index in [4.69, 9.17) is 4.74 Å². The molecule has 2 aromatic rings. The lowest BCUT2D eigenvalue weighted by Crippen LogP contribution is -2.42. The first-order chi connectivity index (χ1) is 14.3. The van der Waals surface area contributed by atoms with Gasteiger partial charge >= 0.3 is 6.18 Å². The van der Waals surface area contributed by atoms with Crippen molar-refractivity contribution in [1.29, 1.82) is 0 Å². The van der Waals surface area contributed by atoms with Gasteiger partial charge < -0.3 is 25.4 Å². The number of nitrogens with one attached hydrogen (secondary N) is 2. The summed E-state index contributed by atoms with van der Waals surface area (Å²) in [5, 5.41) is 16.3. The Balaban J connectivity index is 1.72. The number of fused-ring (bicyclic) bond motifs is 3. The number of rotatable bonds is 5. The maximum Gasteiger partial charge on any atom is 0.418 e. The smallest absolute Gasteiger partial charge is 0.370 e. The van der Waals surface area contributed by atoms with Crippen molar-refractivity contribution in [2.24, 2.45) is 0 Å². The van der Waals surface area contributed by atoms with Crippen molar-refractivity contribution < 1.29 is 23.0 Å². The molecule has 3 N–H and O–H groups in total. The molecule has 1 fully saturated rings. The molecule has 6 nitrogen and oxygen atoms in total. The van der Waals surface area contributed by atoms with Crippen molar-refractivity contribution >= 4 is 17.1 Å². The summed E-state index contributed by atoms with van der Waals surface area (Å²) in [6.07, 6.45) is -1.85. The Bertz CT molecular complexity index is 922. The van der Waals surface area contributed by atoms with E-state index in [1.165, 1.54) is 12.4 Å². The predicted molar refractivity (Wildman–Crippen MR) is 108 cm³/mol. The highest BCUT2D eigenvalue weighted by Gasteiger charge is 2.45. The second kappa shape index (κ2) is 8.05. The Labute approximate surface area is 173 Å². The van der Waals surface area contributed by atoms with Gasteiger partial charge in [-0.05, 0) is 43.7 Å². The Morgan fingerprint density at radius 3 is 2.83 bits per heavy atom. The molecule has 2 aliphatic rings. The van der Waals surface area contributed by atoms with Crippen molar-refractivity contribution in [2.75, 3.05) is 37.0 Å². The third-order valence-electron chi connectivity index (χ3n) is 5.80. The lowest BCUT2D eigenvalue weighted by Gasteiger charge is -2.31. The van der Waals surface area contributed by atoms with Gasteiger partial charge in [-0.3, -0.25) is 4.98 Å². The highest BCUT2D eigenvalue weighted by molar-refractivity contribution is 5.74. The first-order valence-electron chi connectivity index (χ1n) is 10.00. The normalized spacial score (nSPS) is 21.9. The molecule has 9 heteroatoms. The lowest BCUT2D eigenvalue weighted by molar-refractivity contribution is -0.137. The average molecular weight is 422 g/mol. The Morgan fingerprint density at radius 1 is 1.30 bits per heavy atom. The summed E-state index contributed by atoms with van der Waals surface area (Å²) in [4.78, 5) is 5.85. The zero-order valence-corrected chi connectivity index (χ0v) is 16.8. The number of aromatic nitrogens is 1. The molecule has 3 heterocycles. The number of hydrogen-bond acceptors (Lipinski definition) is 6. The molecule has 162 valence electrons. The van der Waals surface area contributed by atoms with E-state index >= 15 is 0 Å². The van der Waals surface area contributed by atoms with Gasteiger partial charge in [-0.2, -0.15) is 13.2 Å². The van der Waals surface area contributed by atoms with Gasteiger partial charge in [0, 0.05) is 49.6 Å². The highest BCUT2D eigenvalue weighted by atomic mass is 19.4. The van der Waals surface area contributed by atoms with E-state index in [0.29, 0.717) is 35.7 Å². The second-order valence-corrected chi connectivity index (χ2v) is 7.68. The van der Waals surface area contributed by atoms with Crippen LogP contribution in [0, 0.1) is 0 Å². The van der Waals surface area contributed by atoms with Crippen molar-refractivity contribution in [2.45, 2.75) is 37.8 Å². The minimum absolute atomic E-state index is 0.00540. The number of aliphatic hydroxyl groups is 1. The number of benzene rings is 1. The number of halogens is 3. The van der Waals surface area contributed by atoms with Gasteiger partial charge in [0.15, 0.2) is 6.29 Å². The van der Waals surface area contributed by atoms with Crippen molar-refractivity contribution in [3.05, 3.63) is 47.3 Å². The topological polar surface area (TPSA) is 69.7 Å². The van der Waals surface area contributed by atoms with Crippen LogP contribution >= 0.6 is 0 Å². The third-order valence-corrected chi connectivity index (χ3v) is 5.80. The van der Waals surface area contributed by atoms with Gasteiger partial charge in [-0.15, -0.1) is 0 Å². The van der Waals surface area contributed by atoms with Crippen LogP contribution in [0.2, 0.25) is 0 Å². The summed E-state index contributed by atoms with van der Waals surface area (Å²) in [7, 11) is 1.75. The summed E-state index contributed by atoms with van der Waals surface area (Å²) >= 11 is 0. The van der Waals surface area contributed by atoms with Crippen LogP contribution in [0.4, 0.5) is 30.2 Å². The van der Waals surface area contributed by atoms with Gasteiger partial charge in [0.05, 0.1) is 23.1 Å². The number of pyridine rings is 1. The largest absolute Gasteiger partial charge is 0.418 e. The molecule has 0 spiro atoms. The van der Waals surface area contributed by atoms with Crippen LogP contribution in [0.25, 0.3) is 0 Å². The van der Waals surface area contributed by atoms with Crippen molar-refractivity contribution in [1.82, 2.24) is 10.3 Å². The van der Waals surface area contributed by atoms with Crippen LogP contribution < -0.4 is 15.5 Å². The van der Waals surface area contributed by atoms with E-state index in [-0.39, 0.29) is 17.6 Å². The third kappa shape index (κ3) is 3.84. The van der Waals surface area contributed by atoms with E-state index in [1.54, 1.807) is 31.0 Å². The molecule has 2 aliphatic heterocycles. The van der Waals surface area contributed by atoms with E-state index in [1.807, 2.05) is 0 Å². The highest BCUT2D eigenvalue weighted by Crippen LogP contribution is 2.50. The van der Waals surface area contributed by atoms with Gasteiger partial charge in [-0.25, -0.2) is 0 Å². The minimum atomic E-state index is -4.47. The zero-order valence-electron chi connectivity index (χ0n) is 16.8. The van der Waals surface area contributed by atoms with Gasteiger partial charge in [0.2, 0.25) is 0 Å². The first kappa shape index (κ1) is 20.9. The summed E-state index contributed by atoms with van der Waals surface area (Å²) in [5.74, 6) is 0.00540. The number of hydrogen-bond donors (Lipinski definition) is 3. The van der Waals surface area contributed by atoms with Gasteiger partial charge in [0.25, 0.3) is 0 Å². The maximum atomic E-state index is 13.9. The molecular formula is C21H25F3N4O2. The Morgan fingerprint density at radius 2 is 2.10 bits per heavy atom. The van der Waals surface area contributed by atoms with E-state index in [0.717, 1.165) is 19.0 Å². The number of anilines is 3. The summed E-state index contributed by atoms with van der Waals surface area (Å²) in [6.45, 7) is 3.53. The van der Waals surface area contributed by atoms with Crippen LogP contribution in [0.3, 0.4) is 0 Å². The Kier molecular flexibility index (Phi) is 5.61. The summed E-state index contributed by atoms with van der Waals surface area (Å²) < 4.78 is 47.0. The molecule has 0 amide bonds. The summed E-state index contributed by atoms with van der Waals surface area (Å²) in [6, 6.07) is 4.62. The minimum Gasteiger partial charge on any atom is -0.370 e. The SMILES string of the molecule is CCOC(O)c1cncc(Nc2cc3c(c(C(F)(F)F)c2)N(C)[C@H]2CCNC[C@@H]32)c1. The number of aliphatic hydroxyl groups excluding tert-OH is 1. The predicted octanol–water partition coefficient (Wildman–Crippen LogP) is 3.77. The van der Waals surface area contributed by atoms with Crippen LogP contribution in [0.5, 0.6) is 0 Å². The molecule has 0 bridgehead atoms. The molecule has 3 atom stereocenters. The standard InChI is InChI=1S/C21H25F3N4O2/c1-3-30-20(29)12-6-14(10-26-9-12)27-13-7-15-16-11-25-5-4-18(16)28(2)19(15)17(8-13)21(22,23)24/h6-10,16,18,20,25,27,29H,3-5,11H2,1-2H3/t16-,18-,20?/m0/s1. The molecule has 1 aromatic carbocycles. The quantitative estimate of drug-likeness (QED) is 0.638. The fourth-order valence-electron chi connectivity index (χ4n) is 4.49. The monoisotopic (exact) mass is 422 g/mol.